The van der Waals surface area contributed by atoms with Crippen molar-refractivity contribution in [1.82, 2.24) is 0 Å². The van der Waals surface area contributed by atoms with Gasteiger partial charge in [0.1, 0.15) is 0 Å². The number of rotatable bonds is 4. The second-order valence-electron chi connectivity index (χ2n) is 7.28. The first kappa shape index (κ1) is 19.5. The highest BCUT2D eigenvalue weighted by atomic mass is 16.6. The minimum absolute atomic E-state index is 0.0379. The van der Waals surface area contributed by atoms with Crippen LogP contribution in [0.2, 0.25) is 0 Å². The summed E-state index contributed by atoms with van der Waals surface area (Å²) in [5.41, 5.74) is 1.61. The van der Waals surface area contributed by atoms with Crippen LogP contribution < -0.4 is 10.0 Å². The number of carbonyl (C=O) groups is 3. The third-order valence-electron chi connectivity index (χ3n) is 5.55. The van der Waals surface area contributed by atoms with Gasteiger partial charge in [0, 0.05) is 47.7 Å². The van der Waals surface area contributed by atoms with Crippen molar-refractivity contribution in [3.8, 4) is 0 Å². The average Bonchev–Trinajstić information content (AvgIpc) is 2.73. The molecule has 2 aliphatic rings. The largest absolute Gasteiger partial charge is 0.545 e. The number of carboxylic acids is 1. The Labute approximate surface area is 171 Å². The van der Waals surface area contributed by atoms with Crippen LogP contribution in [0.15, 0.2) is 59.8 Å². The van der Waals surface area contributed by atoms with Crippen molar-refractivity contribution in [3.63, 3.8) is 0 Å². The monoisotopic (exact) mass is 405 g/mol. The number of carbonyl (C=O) groups excluding carboxylic acids is 3. The molecule has 0 N–H and O–H groups in total. The van der Waals surface area contributed by atoms with Gasteiger partial charge in [0.2, 0.25) is 5.91 Å². The topological polar surface area (TPSA) is 121 Å². The molecule has 0 saturated heterocycles. The predicted octanol–water partition coefficient (Wildman–Crippen LogP) is 2.49. The van der Waals surface area contributed by atoms with Crippen molar-refractivity contribution in [3.05, 3.63) is 81.0 Å². The molecule has 30 heavy (non-hydrogen) atoms. The lowest BCUT2D eigenvalue weighted by Crippen LogP contribution is -2.41. The Morgan fingerprint density at radius 2 is 1.73 bits per heavy atom. The molecule has 0 bridgehead atoms. The van der Waals surface area contributed by atoms with Crippen LogP contribution >= 0.6 is 0 Å². The van der Waals surface area contributed by atoms with Crippen LogP contribution in [-0.2, 0) is 9.59 Å². The van der Waals surface area contributed by atoms with Crippen LogP contribution in [0.5, 0.6) is 0 Å². The summed E-state index contributed by atoms with van der Waals surface area (Å²) < 4.78 is 0. The first-order valence-corrected chi connectivity index (χ1v) is 9.52. The van der Waals surface area contributed by atoms with Crippen LogP contribution in [0, 0.1) is 10.1 Å². The Balaban J connectivity index is 1.85. The van der Waals surface area contributed by atoms with E-state index in [0.29, 0.717) is 36.1 Å². The summed E-state index contributed by atoms with van der Waals surface area (Å²) in [7, 11) is 0. The smallest absolute Gasteiger partial charge is 0.269 e. The molecular weight excluding hydrogens is 388 g/mol. The maximum absolute atomic E-state index is 13.1. The van der Waals surface area contributed by atoms with Gasteiger partial charge < -0.3 is 9.90 Å². The van der Waals surface area contributed by atoms with E-state index in [1.807, 2.05) is 0 Å². The molecule has 1 heterocycles. The molecule has 0 aromatic heterocycles. The van der Waals surface area contributed by atoms with Crippen LogP contribution in [0.25, 0.3) is 0 Å². The molecule has 8 nitrogen and oxygen atoms in total. The maximum atomic E-state index is 13.1. The van der Waals surface area contributed by atoms with E-state index in [2.05, 4.69) is 0 Å². The molecule has 0 radical (unpaired) electrons. The summed E-state index contributed by atoms with van der Waals surface area (Å²) in [4.78, 5) is 49.3. The highest BCUT2D eigenvalue weighted by Gasteiger charge is 2.40. The fraction of sp³-hybridized carbons (Fsp3) is 0.227. The average molecular weight is 405 g/mol. The van der Waals surface area contributed by atoms with Crippen molar-refractivity contribution in [2.24, 2.45) is 0 Å². The zero-order valence-corrected chi connectivity index (χ0v) is 15.9. The van der Waals surface area contributed by atoms with Crippen molar-refractivity contribution < 1.29 is 24.4 Å². The normalized spacial score (nSPS) is 18.9. The predicted molar refractivity (Wildman–Crippen MR) is 105 cm³/mol. The second kappa shape index (κ2) is 7.55. The van der Waals surface area contributed by atoms with Crippen LogP contribution in [0.3, 0.4) is 0 Å². The number of hydrogen-bond donors (Lipinski definition) is 0. The number of amides is 1. The molecule has 0 unspecified atom stereocenters. The zero-order chi connectivity index (χ0) is 21.4. The van der Waals surface area contributed by atoms with E-state index in [-0.39, 0.29) is 35.0 Å². The van der Waals surface area contributed by atoms with Gasteiger partial charge in [0.15, 0.2) is 5.78 Å². The Morgan fingerprint density at radius 1 is 1.03 bits per heavy atom. The molecule has 0 fully saturated rings. The summed E-state index contributed by atoms with van der Waals surface area (Å²) in [6.45, 7) is 0. The minimum Gasteiger partial charge on any atom is -0.545 e. The molecule has 4 rings (SSSR count). The number of benzene rings is 2. The number of hydrogen-bond acceptors (Lipinski definition) is 6. The van der Waals surface area contributed by atoms with Gasteiger partial charge in [-0.05, 0) is 24.5 Å². The number of para-hydroxylation sites is 1. The van der Waals surface area contributed by atoms with Gasteiger partial charge in [0.25, 0.3) is 5.69 Å². The van der Waals surface area contributed by atoms with Gasteiger partial charge in [-0.15, -0.1) is 0 Å². The fourth-order valence-corrected chi connectivity index (χ4v) is 4.23. The van der Waals surface area contributed by atoms with Crippen molar-refractivity contribution in [2.45, 2.75) is 31.6 Å². The van der Waals surface area contributed by atoms with Crippen LogP contribution in [0.4, 0.5) is 11.4 Å². The van der Waals surface area contributed by atoms with Gasteiger partial charge in [-0.25, -0.2) is 0 Å². The lowest BCUT2D eigenvalue weighted by molar-refractivity contribution is -0.384. The second-order valence-corrected chi connectivity index (χ2v) is 7.28. The van der Waals surface area contributed by atoms with Gasteiger partial charge >= 0.3 is 0 Å². The number of carboxylic acid groups (broad SMARTS) is 1. The van der Waals surface area contributed by atoms with Gasteiger partial charge in [-0.2, -0.15) is 0 Å². The highest BCUT2D eigenvalue weighted by Crippen LogP contribution is 2.44. The van der Waals surface area contributed by atoms with Crippen LogP contribution in [0.1, 0.15) is 47.5 Å². The third kappa shape index (κ3) is 3.26. The number of non-ortho nitro benzene ring substituents is 1. The first-order valence-electron chi connectivity index (χ1n) is 9.52. The molecule has 1 atom stereocenters. The highest BCUT2D eigenvalue weighted by molar-refractivity contribution is 6.09. The number of nitro benzene ring substituents is 1. The number of allylic oxidation sites excluding steroid dienone is 2. The summed E-state index contributed by atoms with van der Waals surface area (Å²) >= 11 is 0. The zero-order valence-electron chi connectivity index (χ0n) is 15.9. The fourth-order valence-electron chi connectivity index (χ4n) is 4.23. The Kier molecular flexibility index (Phi) is 4.91. The summed E-state index contributed by atoms with van der Waals surface area (Å²) in [6, 6.07) is 11.9. The summed E-state index contributed by atoms with van der Waals surface area (Å²) in [5.74, 6) is -2.35. The van der Waals surface area contributed by atoms with Crippen molar-refractivity contribution in [2.75, 3.05) is 4.90 Å². The van der Waals surface area contributed by atoms with Crippen molar-refractivity contribution >= 4 is 29.0 Å². The summed E-state index contributed by atoms with van der Waals surface area (Å²) in [6.07, 6.45) is 1.32. The van der Waals surface area contributed by atoms with E-state index >= 15 is 0 Å². The Bertz CT molecular complexity index is 1100. The summed E-state index contributed by atoms with van der Waals surface area (Å²) in [5, 5.41) is 22.5. The number of anilines is 1. The molecule has 2 aromatic carbocycles. The molecule has 1 aliphatic heterocycles. The van der Waals surface area contributed by atoms with E-state index in [0.717, 1.165) is 0 Å². The first-order chi connectivity index (χ1) is 14.4. The van der Waals surface area contributed by atoms with E-state index in [1.54, 1.807) is 24.3 Å². The molecule has 8 heteroatoms. The van der Waals surface area contributed by atoms with Gasteiger partial charge in [0.05, 0.1) is 16.6 Å². The maximum Gasteiger partial charge on any atom is 0.269 e. The lowest BCUT2D eigenvalue weighted by atomic mass is 9.77. The SMILES string of the molecule is O=C1CCCC2=C1[C@@H](c1ccc([N+](=O)[O-])cc1)CC(=O)N2c1ccccc1C(=O)[O-]. The van der Waals surface area contributed by atoms with E-state index < -0.39 is 16.8 Å². The third-order valence-corrected chi connectivity index (χ3v) is 5.55. The molecule has 152 valence electrons. The Morgan fingerprint density at radius 3 is 2.40 bits per heavy atom. The van der Waals surface area contributed by atoms with Gasteiger partial charge in [-0.1, -0.05) is 30.3 Å². The quantitative estimate of drug-likeness (QED) is 0.569. The molecule has 1 amide bonds. The van der Waals surface area contributed by atoms with Crippen molar-refractivity contribution in [1.29, 1.82) is 0 Å². The molecule has 0 saturated carbocycles. The lowest BCUT2D eigenvalue weighted by Gasteiger charge is -2.39. The van der Waals surface area contributed by atoms with E-state index in [1.165, 1.54) is 29.2 Å². The minimum atomic E-state index is -1.40. The Hall–Kier alpha value is -3.81. The van der Waals surface area contributed by atoms with Crippen LogP contribution in [-0.4, -0.2) is 22.6 Å². The standard InChI is InChI=1S/C22H18N2O6/c25-19-7-3-6-18-21(19)16(13-8-10-14(11-9-13)24(29)30)12-20(26)23(18)17-5-2-1-4-15(17)22(27)28/h1-2,4-5,8-11,16H,3,6-7,12H2,(H,27,28)/p-1/t16-/m1/s1. The number of Topliss-reactive ketones (excluding diaryl/α,β-unsaturated/α-hetero) is 1. The number of ketones is 1. The van der Waals surface area contributed by atoms with Gasteiger partial charge in [-0.3, -0.25) is 24.6 Å². The molecule has 2 aromatic rings. The molecule has 0 spiro atoms. The van der Waals surface area contributed by atoms with E-state index in [4.69, 9.17) is 0 Å². The number of aromatic carboxylic acids is 1. The van der Waals surface area contributed by atoms with E-state index in [9.17, 15) is 29.6 Å². The number of nitro groups is 1. The molecule has 1 aliphatic carbocycles. The molecular formula is C22H17N2O6-. The number of nitrogens with zero attached hydrogens (tertiary/aromatic N) is 2.